The van der Waals surface area contributed by atoms with Crippen LogP contribution >= 0.6 is 0 Å². The minimum absolute atomic E-state index is 0.131. The van der Waals surface area contributed by atoms with Gasteiger partial charge in [-0.1, -0.05) is 18.2 Å². The molecule has 2 aliphatic heterocycles. The number of phenols is 1. The number of para-hydroxylation sites is 1. The molecule has 1 saturated heterocycles. The van der Waals surface area contributed by atoms with Crippen molar-refractivity contribution in [2.45, 2.75) is 13.5 Å². The number of aryl methyl sites for hydroxylation is 1. The van der Waals surface area contributed by atoms with Gasteiger partial charge in [0.1, 0.15) is 17.3 Å². The van der Waals surface area contributed by atoms with Crippen LogP contribution in [0.4, 0.5) is 5.82 Å². The van der Waals surface area contributed by atoms with E-state index in [1.807, 2.05) is 37.3 Å². The van der Waals surface area contributed by atoms with Gasteiger partial charge in [-0.05, 0) is 42.8 Å². The Bertz CT molecular complexity index is 1310. The molecular weight excluding hydrogens is 458 g/mol. The van der Waals surface area contributed by atoms with Gasteiger partial charge in [0.25, 0.3) is 0 Å². The number of nitrogens with zero attached hydrogens (tertiary/aromatic N) is 3. The van der Waals surface area contributed by atoms with Crippen molar-refractivity contribution in [2.24, 2.45) is 0 Å². The minimum Gasteiger partial charge on any atom is -0.507 e. The summed E-state index contributed by atoms with van der Waals surface area (Å²) < 4.78 is 17.0. The van der Waals surface area contributed by atoms with E-state index in [2.05, 4.69) is 14.8 Å². The average molecular weight is 488 g/mol. The summed E-state index contributed by atoms with van der Waals surface area (Å²) in [6, 6.07) is 13.0. The van der Waals surface area contributed by atoms with E-state index in [1.54, 1.807) is 38.6 Å². The zero-order valence-corrected chi connectivity index (χ0v) is 20.7. The number of anilines is 1. The Balaban J connectivity index is 1.40. The van der Waals surface area contributed by atoms with E-state index in [4.69, 9.17) is 14.2 Å². The lowest BCUT2D eigenvalue weighted by Gasteiger charge is -2.35. The molecule has 186 valence electrons. The molecule has 8 heteroatoms. The lowest BCUT2D eigenvalue weighted by molar-refractivity contribution is 0.101. The van der Waals surface area contributed by atoms with Crippen LogP contribution in [0, 0.1) is 6.92 Å². The highest BCUT2D eigenvalue weighted by molar-refractivity contribution is 6.16. The van der Waals surface area contributed by atoms with Gasteiger partial charge in [-0.15, -0.1) is 0 Å². The van der Waals surface area contributed by atoms with Crippen molar-refractivity contribution < 1.29 is 24.1 Å². The zero-order chi connectivity index (χ0) is 25.2. The Morgan fingerprint density at radius 2 is 1.89 bits per heavy atom. The first-order chi connectivity index (χ1) is 17.5. The number of phenolic OH excluding ortho intramolecular Hbond substituents is 1. The Morgan fingerprint density at radius 3 is 2.58 bits per heavy atom. The van der Waals surface area contributed by atoms with Gasteiger partial charge in [0, 0.05) is 44.5 Å². The van der Waals surface area contributed by atoms with Crippen LogP contribution in [0.25, 0.3) is 6.08 Å². The van der Waals surface area contributed by atoms with Crippen molar-refractivity contribution in [3.63, 3.8) is 0 Å². The van der Waals surface area contributed by atoms with E-state index in [-0.39, 0.29) is 17.3 Å². The van der Waals surface area contributed by atoms with Crippen LogP contribution in [-0.2, 0) is 6.54 Å². The van der Waals surface area contributed by atoms with Crippen molar-refractivity contribution in [1.29, 1.82) is 0 Å². The highest BCUT2D eigenvalue weighted by atomic mass is 16.5. The molecule has 0 radical (unpaired) electrons. The van der Waals surface area contributed by atoms with Gasteiger partial charge in [0.2, 0.25) is 5.78 Å². The molecule has 1 N–H and O–H groups in total. The Morgan fingerprint density at radius 1 is 1.08 bits per heavy atom. The third-order valence-corrected chi connectivity index (χ3v) is 6.67. The van der Waals surface area contributed by atoms with Crippen molar-refractivity contribution >= 4 is 17.7 Å². The number of fused-ring (bicyclic) bond motifs is 1. The van der Waals surface area contributed by atoms with Crippen LogP contribution in [0.5, 0.6) is 23.0 Å². The van der Waals surface area contributed by atoms with Gasteiger partial charge >= 0.3 is 0 Å². The first kappa shape index (κ1) is 23.7. The molecule has 0 unspecified atom stereocenters. The SMILES string of the molecule is COc1cccc(/C=C2\Oc3c(CN4CCN(c5ccccn5)CC4)c(O)cc(C)c3C2=O)c1OC. The number of methoxy groups -OCH3 is 2. The summed E-state index contributed by atoms with van der Waals surface area (Å²) in [6.45, 7) is 5.54. The summed E-state index contributed by atoms with van der Waals surface area (Å²) in [6.07, 6.45) is 3.46. The highest BCUT2D eigenvalue weighted by Gasteiger charge is 2.34. The normalized spacial score (nSPS) is 16.7. The number of pyridine rings is 1. The molecule has 8 nitrogen and oxygen atoms in total. The minimum atomic E-state index is -0.214. The van der Waals surface area contributed by atoms with Gasteiger partial charge in [0.05, 0.1) is 25.3 Å². The van der Waals surface area contributed by atoms with Crippen LogP contribution in [0.1, 0.15) is 27.0 Å². The number of carbonyl (C=O) groups excluding carboxylic acids is 1. The molecule has 3 heterocycles. The molecule has 2 aromatic carbocycles. The predicted molar refractivity (Wildman–Crippen MR) is 137 cm³/mol. The fraction of sp³-hybridized carbons (Fsp3) is 0.286. The number of Topliss-reactive ketones (excluding diaryl/α,β-unsaturated/α-hetero) is 1. The second-order valence-corrected chi connectivity index (χ2v) is 8.87. The Labute approximate surface area is 210 Å². The number of hydrogen-bond acceptors (Lipinski definition) is 8. The maximum absolute atomic E-state index is 13.4. The van der Waals surface area contributed by atoms with Crippen molar-refractivity contribution in [3.05, 3.63) is 76.7 Å². The third-order valence-electron chi connectivity index (χ3n) is 6.67. The standard InChI is InChI=1S/C28H29N3O5/c1-18-15-21(32)20(17-30-11-13-31(14-12-30)24-9-4-5-10-29-24)28-25(18)26(33)23(36-28)16-19-7-6-8-22(34-2)27(19)35-3/h4-10,15-16,32H,11-14,17H2,1-3H3/b23-16-. The number of aromatic hydroxyl groups is 1. The predicted octanol–water partition coefficient (Wildman–Crippen LogP) is 4.05. The molecule has 0 amide bonds. The monoisotopic (exact) mass is 487 g/mol. The number of ether oxygens (including phenoxy) is 3. The summed E-state index contributed by atoms with van der Waals surface area (Å²) in [5.74, 6) is 2.58. The number of aromatic nitrogens is 1. The van der Waals surface area contributed by atoms with E-state index in [9.17, 15) is 9.90 Å². The zero-order valence-electron chi connectivity index (χ0n) is 20.7. The van der Waals surface area contributed by atoms with E-state index >= 15 is 0 Å². The fourth-order valence-electron chi connectivity index (χ4n) is 4.80. The molecule has 0 spiro atoms. The molecule has 0 saturated carbocycles. The van der Waals surface area contributed by atoms with E-state index < -0.39 is 0 Å². The van der Waals surface area contributed by atoms with E-state index in [1.165, 1.54) is 0 Å². The smallest absolute Gasteiger partial charge is 0.232 e. The summed E-state index contributed by atoms with van der Waals surface area (Å²) in [4.78, 5) is 22.3. The van der Waals surface area contributed by atoms with Crippen LogP contribution in [0.2, 0.25) is 0 Å². The van der Waals surface area contributed by atoms with Crippen molar-refractivity contribution in [2.75, 3.05) is 45.3 Å². The maximum atomic E-state index is 13.4. The quantitative estimate of drug-likeness (QED) is 0.522. The third kappa shape index (κ3) is 4.35. The first-order valence-electron chi connectivity index (χ1n) is 11.9. The molecule has 0 bridgehead atoms. The van der Waals surface area contributed by atoms with Gasteiger partial charge in [-0.3, -0.25) is 9.69 Å². The Kier molecular flexibility index (Phi) is 6.52. The number of hydrogen-bond donors (Lipinski definition) is 1. The Hall–Kier alpha value is -4.04. The molecule has 3 aromatic rings. The summed E-state index contributed by atoms with van der Waals surface area (Å²) in [5, 5.41) is 10.8. The number of rotatable bonds is 6. The summed E-state index contributed by atoms with van der Waals surface area (Å²) in [5.41, 5.74) is 2.46. The molecule has 0 aliphatic carbocycles. The number of ketones is 1. The second kappa shape index (κ2) is 9.91. The van der Waals surface area contributed by atoms with Crippen LogP contribution in [-0.4, -0.2) is 61.2 Å². The van der Waals surface area contributed by atoms with Crippen LogP contribution < -0.4 is 19.1 Å². The molecule has 5 rings (SSSR count). The fourth-order valence-corrected chi connectivity index (χ4v) is 4.80. The van der Waals surface area contributed by atoms with Gasteiger partial charge in [0.15, 0.2) is 17.3 Å². The second-order valence-electron chi connectivity index (χ2n) is 8.87. The van der Waals surface area contributed by atoms with Crippen molar-refractivity contribution in [1.82, 2.24) is 9.88 Å². The first-order valence-corrected chi connectivity index (χ1v) is 11.9. The molecular formula is C28H29N3O5. The maximum Gasteiger partial charge on any atom is 0.232 e. The van der Waals surface area contributed by atoms with Gasteiger partial charge < -0.3 is 24.2 Å². The van der Waals surface area contributed by atoms with Crippen molar-refractivity contribution in [3.8, 4) is 23.0 Å². The molecule has 2 aliphatic rings. The highest BCUT2D eigenvalue weighted by Crippen LogP contribution is 2.43. The average Bonchev–Trinajstić information content (AvgIpc) is 3.23. The molecule has 36 heavy (non-hydrogen) atoms. The van der Waals surface area contributed by atoms with Gasteiger partial charge in [-0.25, -0.2) is 4.98 Å². The van der Waals surface area contributed by atoms with Crippen LogP contribution in [0.3, 0.4) is 0 Å². The number of carbonyl (C=O) groups is 1. The molecule has 0 atom stereocenters. The number of benzene rings is 2. The molecule has 1 fully saturated rings. The van der Waals surface area contributed by atoms with Crippen LogP contribution in [0.15, 0.2) is 54.4 Å². The molecule has 1 aromatic heterocycles. The van der Waals surface area contributed by atoms with E-state index in [0.717, 1.165) is 32.0 Å². The lowest BCUT2D eigenvalue weighted by Crippen LogP contribution is -2.46. The van der Waals surface area contributed by atoms with E-state index in [0.29, 0.717) is 46.0 Å². The largest absolute Gasteiger partial charge is 0.507 e. The topological polar surface area (TPSA) is 84.4 Å². The van der Waals surface area contributed by atoms with Gasteiger partial charge in [-0.2, -0.15) is 0 Å². The number of allylic oxidation sites excluding steroid dienone is 1. The number of piperazine rings is 1. The summed E-state index contributed by atoms with van der Waals surface area (Å²) >= 11 is 0. The lowest BCUT2D eigenvalue weighted by atomic mass is 9.99. The summed E-state index contributed by atoms with van der Waals surface area (Å²) in [7, 11) is 3.12.